The highest BCUT2D eigenvalue weighted by atomic mass is 32.2. The van der Waals surface area contributed by atoms with Crippen LogP contribution < -0.4 is 9.62 Å². The molecule has 29 heavy (non-hydrogen) atoms. The molecular weight excluding hydrogens is 392 g/mol. The first-order valence-electron chi connectivity index (χ1n) is 9.09. The number of sulfonamides is 1. The number of amides is 1. The van der Waals surface area contributed by atoms with Crippen LogP contribution in [0.5, 0.6) is 0 Å². The lowest BCUT2D eigenvalue weighted by Crippen LogP contribution is -2.46. The minimum Gasteiger partial charge on any atom is -0.449 e. The molecule has 8 heteroatoms. The molecule has 0 saturated heterocycles. The van der Waals surface area contributed by atoms with Crippen LogP contribution in [0.1, 0.15) is 38.1 Å². The van der Waals surface area contributed by atoms with Crippen LogP contribution in [0.25, 0.3) is 0 Å². The number of anilines is 1. The van der Waals surface area contributed by atoms with Crippen LogP contribution in [0.3, 0.4) is 0 Å². The predicted octanol–water partition coefficient (Wildman–Crippen LogP) is 2.97. The molecule has 0 radical (unpaired) electrons. The largest absolute Gasteiger partial charge is 0.449 e. The topological polar surface area (TPSA) is 92.8 Å². The van der Waals surface area contributed by atoms with Crippen LogP contribution in [0.4, 0.5) is 5.69 Å². The van der Waals surface area contributed by atoms with E-state index in [4.69, 9.17) is 4.74 Å². The molecule has 1 N–H and O–H groups in total. The maximum Gasteiger partial charge on any atom is 0.338 e. The highest BCUT2D eigenvalue weighted by Gasteiger charge is 2.24. The molecule has 0 aliphatic carbocycles. The average molecular weight is 419 g/mol. The SMILES string of the molecule is CC(OC(=O)c1ccc(S(=O)(=O)N(C)c2ccccc2)cc1)C(=O)NC(C)(C)C. The molecule has 0 aromatic heterocycles. The van der Waals surface area contributed by atoms with Gasteiger partial charge in [0.05, 0.1) is 16.1 Å². The second-order valence-electron chi connectivity index (χ2n) is 7.62. The Hall–Kier alpha value is -2.87. The molecule has 7 nitrogen and oxygen atoms in total. The van der Waals surface area contributed by atoms with E-state index in [1.165, 1.54) is 42.5 Å². The van der Waals surface area contributed by atoms with E-state index < -0.39 is 33.5 Å². The van der Waals surface area contributed by atoms with Crippen LogP contribution in [0, 0.1) is 0 Å². The Balaban J connectivity index is 2.11. The smallest absolute Gasteiger partial charge is 0.338 e. The van der Waals surface area contributed by atoms with Gasteiger partial charge in [-0.2, -0.15) is 0 Å². The molecule has 0 aliphatic heterocycles. The Kier molecular flexibility index (Phi) is 6.69. The molecule has 0 bridgehead atoms. The number of para-hydroxylation sites is 1. The molecule has 1 unspecified atom stereocenters. The van der Waals surface area contributed by atoms with Crippen molar-refractivity contribution < 1.29 is 22.7 Å². The first-order chi connectivity index (χ1) is 13.4. The molecule has 156 valence electrons. The molecule has 0 fully saturated rings. The number of carbonyl (C=O) groups is 2. The lowest BCUT2D eigenvalue weighted by atomic mass is 10.1. The summed E-state index contributed by atoms with van der Waals surface area (Å²) < 4.78 is 31.9. The second kappa shape index (κ2) is 8.65. The van der Waals surface area contributed by atoms with Crippen molar-refractivity contribution in [3.63, 3.8) is 0 Å². The van der Waals surface area contributed by atoms with Crippen molar-refractivity contribution in [2.75, 3.05) is 11.4 Å². The second-order valence-corrected chi connectivity index (χ2v) is 9.59. The van der Waals surface area contributed by atoms with Crippen molar-refractivity contribution in [3.05, 3.63) is 60.2 Å². The fourth-order valence-electron chi connectivity index (χ4n) is 2.45. The van der Waals surface area contributed by atoms with Gasteiger partial charge in [0, 0.05) is 12.6 Å². The van der Waals surface area contributed by atoms with Crippen molar-refractivity contribution >= 4 is 27.6 Å². The van der Waals surface area contributed by atoms with Gasteiger partial charge >= 0.3 is 5.97 Å². The monoisotopic (exact) mass is 418 g/mol. The standard InChI is InChI=1S/C21H26N2O5S/c1-15(19(24)22-21(2,3)4)28-20(25)16-11-13-18(14-12-16)29(26,27)23(5)17-9-7-6-8-10-17/h6-15H,1-5H3,(H,22,24). The summed E-state index contributed by atoms with van der Waals surface area (Å²) in [5, 5.41) is 2.73. The number of esters is 1. The van der Waals surface area contributed by atoms with Gasteiger partial charge in [-0.1, -0.05) is 18.2 Å². The summed E-state index contributed by atoms with van der Waals surface area (Å²) in [5.41, 5.74) is 0.231. The number of nitrogens with one attached hydrogen (secondary N) is 1. The molecular formula is C21H26N2O5S. The normalized spacial score (nSPS) is 12.7. The van der Waals surface area contributed by atoms with E-state index in [9.17, 15) is 18.0 Å². The van der Waals surface area contributed by atoms with Crippen LogP contribution >= 0.6 is 0 Å². The van der Waals surface area contributed by atoms with Crippen LogP contribution in [0.15, 0.2) is 59.5 Å². The van der Waals surface area contributed by atoms with Gasteiger partial charge in [0.2, 0.25) is 0 Å². The number of ether oxygens (including phenoxy) is 1. The molecule has 2 aromatic rings. The number of rotatable bonds is 6. The van der Waals surface area contributed by atoms with Crippen LogP contribution in [0.2, 0.25) is 0 Å². The Morgan fingerprint density at radius 2 is 1.55 bits per heavy atom. The maximum atomic E-state index is 12.8. The summed E-state index contributed by atoms with van der Waals surface area (Å²) in [6, 6.07) is 14.1. The van der Waals surface area contributed by atoms with E-state index in [1.54, 1.807) is 30.3 Å². The number of hydrogen-bond acceptors (Lipinski definition) is 5. The fraction of sp³-hybridized carbons (Fsp3) is 0.333. The Labute approximate surface area is 171 Å². The first-order valence-corrected chi connectivity index (χ1v) is 10.5. The molecule has 0 aliphatic rings. The average Bonchev–Trinajstić information content (AvgIpc) is 2.66. The quantitative estimate of drug-likeness (QED) is 0.728. The zero-order chi connectivity index (χ0) is 21.8. The lowest BCUT2D eigenvalue weighted by molar-refractivity contribution is -0.130. The first kappa shape index (κ1) is 22.4. The summed E-state index contributed by atoms with van der Waals surface area (Å²) in [6.45, 7) is 6.95. The third-order valence-electron chi connectivity index (χ3n) is 4.02. The van der Waals surface area contributed by atoms with E-state index in [0.717, 1.165) is 0 Å². The van der Waals surface area contributed by atoms with Crippen molar-refractivity contribution in [3.8, 4) is 0 Å². The predicted molar refractivity (Wildman–Crippen MR) is 111 cm³/mol. The maximum absolute atomic E-state index is 12.8. The molecule has 0 saturated carbocycles. The molecule has 0 spiro atoms. The lowest BCUT2D eigenvalue weighted by Gasteiger charge is -2.23. The number of hydrogen-bond donors (Lipinski definition) is 1. The highest BCUT2D eigenvalue weighted by molar-refractivity contribution is 7.92. The Morgan fingerprint density at radius 3 is 2.07 bits per heavy atom. The molecule has 1 amide bonds. The Morgan fingerprint density at radius 1 is 1.00 bits per heavy atom. The van der Waals surface area contributed by atoms with Gasteiger partial charge in [0.25, 0.3) is 15.9 Å². The van der Waals surface area contributed by atoms with E-state index in [2.05, 4.69) is 5.32 Å². The van der Waals surface area contributed by atoms with Gasteiger partial charge in [-0.05, 0) is 64.1 Å². The van der Waals surface area contributed by atoms with Gasteiger partial charge in [0.15, 0.2) is 6.10 Å². The van der Waals surface area contributed by atoms with Gasteiger partial charge in [-0.3, -0.25) is 9.10 Å². The van der Waals surface area contributed by atoms with Crippen molar-refractivity contribution in [1.82, 2.24) is 5.32 Å². The Bertz CT molecular complexity index is 964. The number of carbonyl (C=O) groups excluding carboxylic acids is 2. The van der Waals surface area contributed by atoms with E-state index >= 15 is 0 Å². The zero-order valence-corrected chi connectivity index (χ0v) is 18.0. The van der Waals surface area contributed by atoms with Gasteiger partial charge in [-0.25, -0.2) is 13.2 Å². The van der Waals surface area contributed by atoms with Crippen molar-refractivity contribution in [2.24, 2.45) is 0 Å². The minimum absolute atomic E-state index is 0.0407. The van der Waals surface area contributed by atoms with E-state index in [-0.39, 0.29) is 10.5 Å². The molecule has 2 rings (SSSR count). The highest BCUT2D eigenvalue weighted by Crippen LogP contribution is 2.22. The van der Waals surface area contributed by atoms with E-state index in [1.807, 2.05) is 20.8 Å². The van der Waals surface area contributed by atoms with Crippen molar-refractivity contribution in [2.45, 2.75) is 44.2 Å². The van der Waals surface area contributed by atoms with Crippen LogP contribution in [-0.4, -0.2) is 39.0 Å². The summed E-state index contributed by atoms with van der Waals surface area (Å²) in [5.74, 6) is -1.11. The van der Waals surface area contributed by atoms with Gasteiger partial charge in [0.1, 0.15) is 0 Å². The van der Waals surface area contributed by atoms with Crippen LogP contribution in [-0.2, 0) is 19.6 Å². The summed E-state index contributed by atoms with van der Waals surface area (Å²) in [4.78, 5) is 24.4. The third kappa shape index (κ3) is 5.80. The molecule has 0 heterocycles. The summed E-state index contributed by atoms with van der Waals surface area (Å²) in [7, 11) is -2.31. The fourth-order valence-corrected chi connectivity index (χ4v) is 3.65. The molecule has 1 atom stereocenters. The summed E-state index contributed by atoms with van der Waals surface area (Å²) in [6.07, 6.45) is -0.977. The van der Waals surface area contributed by atoms with Gasteiger partial charge in [-0.15, -0.1) is 0 Å². The number of nitrogens with zero attached hydrogens (tertiary/aromatic N) is 1. The third-order valence-corrected chi connectivity index (χ3v) is 5.82. The summed E-state index contributed by atoms with van der Waals surface area (Å²) >= 11 is 0. The number of benzene rings is 2. The van der Waals surface area contributed by atoms with Gasteiger partial charge < -0.3 is 10.1 Å². The molecule has 2 aromatic carbocycles. The minimum atomic E-state index is -3.77. The van der Waals surface area contributed by atoms with E-state index in [0.29, 0.717) is 5.69 Å². The van der Waals surface area contributed by atoms with Crippen molar-refractivity contribution in [1.29, 1.82) is 0 Å². The zero-order valence-electron chi connectivity index (χ0n) is 17.2.